The van der Waals surface area contributed by atoms with Crippen LogP contribution in [0.5, 0.6) is 0 Å². The van der Waals surface area contributed by atoms with Crippen molar-refractivity contribution in [2.45, 2.75) is 25.7 Å². The summed E-state index contributed by atoms with van der Waals surface area (Å²) in [6.07, 6.45) is -0.292. The fraction of sp³-hybridized carbons (Fsp3) is 0.462. The number of piperidine rings is 1. The van der Waals surface area contributed by atoms with Crippen LogP contribution < -0.4 is 4.90 Å². The van der Waals surface area contributed by atoms with E-state index >= 15 is 0 Å². The molecule has 1 aliphatic heterocycles. The van der Waals surface area contributed by atoms with Gasteiger partial charge in [0, 0.05) is 31.6 Å². The first-order valence-electron chi connectivity index (χ1n) is 5.86. The molecule has 1 heterocycles. The summed E-state index contributed by atoms with van der Waals surface area (Å²) in [5.41, 5.74) is 1.71. The van der Waals surface area contributed by atoms with E-state index in [2.05, 4.69) is 0 Å². The minimum Gasteiger partial charge on any atom is -0.478 e. The highest BCUT2D eigenvalue weighted by atomic mass is 19.3. The Morgan fingerprint density at radius 1 is 1.33 bits per heavy atom. The Balaban J connectivity index is 2.16. The zero-order valence-electron chi connectivity index (χ0n) is 10.1. The molecule has 1 aromatic rings. The Hall–Kier alpha value is -1.65. The number of alkyl halides is 2. The van der Waals surface area contributed by atoms with Gasteiger partial charge < -0.3 is 10.0 Å². The predicted octanol–water partition coefficient (Wildman–Crippen LogP) is 2.93. The molecule has 98 valence electrons. The Bertz CT molecular complexity index is 464. The second-order valence-corrected chi connectivity index (χ2v) is 4.65. The van der Waals surface area contributed by atoms with E-state index in [4.69, 9.17) is 5.11 Å². The van der Waals surface area contributed by atoms with Crippen LogP contribution in [0.15, 0.2) is 18.2 Å². The molecule has 0 saturated carbocycles. The fourth-order valence-electron chi connectivity index (χ4n) is 2.18. The van der Waals surface area contributed by atoms with Gasteiger partial charge in [-0.15, -0.1) is 0 Å². The Morgan fingerprint density at radius 2 is 1.94 bits per heavy atom. The molecule has 0 spiro atoms. The first-order valence-corrected chi connectivity index (χ1v) is 5.86. The number of aryl methyl sites for hydroxylation is 1. The molecule has 1 saturated heterocycles. The Morgan fingerprint density at radius 3 is 2.44 bits per heavy atom. The number of carbonyl (C=O) groups is 1. The second-order valence-electron chi connectivity index (χ2n) is 4.65. The zero-order valence-corrected chi connectivity index (χ0v) is 10.1. The van der Waals surface area contributed by atoms with E-state index in [-0.39, 0.29) is 18.4 Å². The van der Waals surface area contributed by atoms with E-state index < -0.39 is 11.9 Å². The molecule has 0 radical (unpaired) electrons. The number of anilines is 1. The van der Waals surface area contributed by atoms with Gasteiger partial charge >= 0.3 is 5.97 Å². The van der Waals surface area contributed by atoms with Crippen molar-refractivity contribution in [3.63, 3.8) is 0 Å². The van der Waals surface area contributed by atoms with Crippen molar-refractivity contribution in [1.29, 1.82) is 0 Å². The van der Waals surface area contributed by atoms with E-state index in [0.29, 0.717) is 18.7 Å². The highest BCUT2D eigenvalue weighted by Crippen LogP contribution is 2.31. The molecule has 0 unspecified atom stereocenters. The number of halogens is 2. The summed E-state index contributed by atoms with van der Waals surface area (Å²) in [6.45, 7) is 2.32. The third kappa shape index (κ3) is 2.60. The summed E-state index contributed by atoms with van der Waals surface area (Å²) in [6, 6.07) is 4.95. The van der Waals surface area contributed by atoms with Crippen molar-refractivity contribution in [2.24, 2.45) is 0 Å². The fourth-order valence-corrected chi connectivity index (χ4v) is 2.18. The third-order valence-corrected chi connectivity index (χ3v) is 3.30. The molecular formula is C13H15F2NO2. The number of nitrogens with zero attached hydrogens (tertiary/aromatic N) is 1. The van der Waals surface area contributed by atoms with E-state index in [1.807, 2.05) is 4.90 Å². The highest BCUT2D eigenvalue weighted by Gasteiger charge is 2.34. The van der Waals surface area contributed by atoms with Gasteiger partial charge in [0.1, 0.15) is 0 Å². The second kappa shape index (κ2) is 4.55. The molecule has 1 N–H and O–H groups in total. The van der Waals surface area contributed by atoms with Gasteiger partial charge in [-0.25, -0.2) is 13.6 Å². The van der Waals surface area contributed by atoms with Gasteiger partial charge in [-0.1, -0.05) is 0 Å². The molecule has 1 fully saturated rings. The molecular weight excluding hydrogens is 240 g/mol. The summed E-state index contributed by atoms with van der Waals surface area (Å²) in [7, 11) is 0. The lowest BCUT2D eigenvalue weighted by molar-refractivity contribution is -0.0220. The molecule has 2 rings (SSSR count). The topological polar surface area (TPSA) is 40.5 Å². The molecule has 3 nitrogen and oxygen atoms in total. The standard InChI is InChI=1S/C13H15F2NO2/c1-9-8-10(2-3-11(9)12(17)18)16-6-4-13(14,15)5-7-16/h2-3,8H,4-7H2,1H3,(H,17,18). The predicted molar refractivity (Wildman–Crippen MR) is 64.5 cm³/mol. The number of hydrogen-bond acceptors (Lipinski definition) is 2. The number of carboxylic acids is 1. The van der Waals surface area contributed by atoms with Gasteiger partial charge in [0.25, 0.3) is 5.92 Å². The van der Waals surface area contributed by atoms with Crippen LogP contribution in [0, 0.1) is 6.92 Å². The zero-order chi connectivity index (χ0) is 13.3. The molecule has 0 aliphatic carbocycles. The smallest absolute Gasteiger partial charge is 0.335 e. The van der Waals surface area contributed by atoms with Crippen LogP contribution in [0.4, 0.5) is 14.5 Å². The maximum atomic E-state index is 13.0. The van der Waals surface area contributed by atoms with Crippen molar-refractivity contribution in [3.05, 3.63) is 29.3 Å². The first kappa shape index (κ1) is 12.8. The molecule has 0 aromatic heterocycles. The summed E-state index contributed by atoms with van der Waals surface area (Å²) in [4.78, 5) is 12.8. The van der Waals surface area contributed by atoms with Crippen molar-refractivity contribution in [3.8, 4) is 0 Å². The summed E-state index contributed by atoms with van der Waals surface area (Å²) >= 11 is 0. The molecule has 0 bridgehead atoms. The average molecular weight is 255 g/mol. The molecule has 1 aliphatic rings. The van der Waals surface area contributed by atoms with Crippen LogP contribution >= 0.6 is 0 Å². The summed E-state index contributed by atoms with van der Waals surface area (Å²) < 4.78 is 26.1. The monoisotopic (exact) mass is 255 g/mol. The molecule has 1 aromatic carbocycles. The van der Waals surface area contributed by atoms with E-state index in [0.717, 1.165) is 5.69 Å². The van der Waals surface area contributed by atoms with E-state index in [1.165, 1.54) is 6.07 Å². The average Bonchev–Trinajstić information content (AvgIpc) is 2.28. The van der Waals surface area contributed by atoms with Gasteiger partial charge in [0.2, 0.25) is 0 Å². The van der Waals surface area contributed by atoms with Crippen LogP contribution in [-0.4, -0.2) is 30.1 Å². The van der Waals surface area contributed by atoms with Crippen molar-refractivity contribution < 1.29 is 18.7 Å². The molecule has 5 heteroatoms. The number of carboxylic acid groups (broad SMARTS) is 1. The number of hydrogen-bond donors (Lipinski definition) is 1. The van der Waals surface area contributed by atoms with Gasteiger partial charge in [-0.3, -0.25) is 0 Å². The Kier molecular flexibility index (Phi) is 3.24. The maximum Gasteiger partial charge on any atom is 0.335 e. The van der Waals surface area contributed by atoms with Gasteiger partial charge in [-0.05, 0) is 30.7 Å². The van der Waals surface area contributed by atoms with Crippen molar-refractivity contribution >= 4 is 11.7 Å². The van der Waals surface area contributed by atoms with Gasteiger partial charge in [-0.2, -0.15) is 0 Å². The van der Waals surface area contributed by atoms with Crippen LogP contribution in [-0.2, 0) is 0 Å². The molecule has 0 amide bonds. The van der Waals surface area contributed by atoms with Crippen LogP contribution in [0.3, 0.4) is 0 Å². The van der Waals surface area contributed by atoms with E-state index in [9.17, 15) is 13.6 Å². The number of aromatic carboxylic acids is 1. The van der Waals surface area contributed by atoms with Gasteiger partial charge in [0.05, 0.1) is 5.56 Å². The Labute approximate surface area is 104 Å². The van der Waals surface area contributed by atoms with E-state index in [1.54, 1.807) is 19.1 Å². The number of benzene rings is 1. The van der Waals surface area contributed by atoms with Crippen LogP contribution in [0.25, 0.3) is 0 Å². The minimum absolute atomic E-state index is 0.146. The van der Waals surface area contributed by atoms with Crippen molar-refractivity contribution in [1.82, 2.24) is 0 Å². The highest BCUT2D eigenvalue weighted by molar-refractivity contribution is 5.89. The maximum absolute atomic E-state index is 13.0. The van der Waals surface area contributed by atoms with Crippen LogP contribution in [0.1, 0.15) is 28.8 Å². The quantitative estimate of drug-likeness (QED) is 0.883. The largest absolute Gasteiger partial charge is 0.478 e. The summed E-state index contributed by atoms with van der Waals surface area (Å²) in [5.74, 6) is -3.53. The van der Waals surface area contributed by atoms with Gasteiger partial charge in [0.15, 0.2) is 0 Å². The van der Waals surface area contributed by atoms with Crippen LogP contribution in [0.2, 0.25) is 0 Å². The summed E-state index contributed by atoms with van der Waals surface area (Å²) in [5, 5.41) is 8.92. The molecule has 0 atom stereocenters. The number of rotatable bonds is 2. The molecule has 18 heavy (non-hydrogen) atoms. The lowest BCUT2D eigenvalue weighted by Crippen LogP contribution is -2.39. The normalized spacial score (nSPS) is 18.7. The lowest BCUT2D eigenvalue weighted by Gasteiger charge is -2.33. The van der Waals surface area contributed by atoms with Crippen molar-refractivity contribution in [2.75, 3.05) is 18.0 Å². The SMILES string of the molecule is Cc1cc(N2CCC(F)(F)CC2)ccc1C(=O)O. The first-order chi connectivity index (χ1) is 8.39. The third-order valence-electron chi connectivity index (χ3n) is 3.30. The lowest BCUT2D eigenvalue weighted by atomic mass is 10.0. The minimum atomic E-state index is -2.56.